The van der Waals surface area contributed by atoms with E-state index in [1.165, 1.54) is 38.5 Å². The van der Waals surface area contributed by atoms with Gasteiger partial charge < -0.3 is 24.8 Å². The topological polar surface area (TPSA) is 51.8 Å². The van der Waals surface area contributed by atoms with E-state index in [-0.39, 0.29) is 5.54 Å². The first-order valence-electron chi connectivity index (χ1n) is 13.2. The average molecular weight is 485 g/mol. The molecular weight excluding hydrogens is 448 g/mol. The predicted molar refractivity (Wildman–Crippen MR) is 144 cm³/mol. The minimum Gasteiger partial charge on any atom is -0.496 e. The summed E-state index contributed by atoms with van der Waals surface area (Å²) in [6.45, 7) is 0.745. The van der Waals surface area contributed by atoms with Crippen molar-refractivity contribution < 1.29 is 14.2 Å². The molecule has 0 aromatic heterocycles. The van der Waals surface area contributed by atoms with Crippen molar-refractivity contribution >= 4 is 11.4 Å². The zero-order valence-electron chi connectivity index (χ0n) is 21.3. The van der Waals surface area contributed by atoms with Gasteiger partial charge in [-0.3, -0.25) is 0 Å². The molecule has 5 nitrogen and oxygen atoms in total. The number of benzene rings is 3. The third kappa shape index (κ3) is 4.77. The number of rotatable bonds is 9. The molecule has 5 heteroatoms. The summed E-state index contributed by atoms with van der Waals surface area (Å²) >= 11 is 0. The van der Waals surface area contributed by atoms with Gasteiger partial charge in [-0.1, -0.05) is 24.3 Å². The lowest BCUT2D eigenvalue weighted by Gasteiger charge is -2.57. The van der Waals surface area contributed by atoms with Crippen LogP contribution < -0.4 is 24.8 Å². The predicted octanol–water partition coefficient (Wildman–Crippen LogP) is 7.30. The zero-order chi connectivity index (χ0) is 24.5. The monoisotopic (exact) mass is 484 g/mol. The van der Waals surface area contributed by atoms with Crippen molar-refractivity contribution in [3.05, 3.63) is 72.3 Å². The van der Waals surface area contributed by atoms with Crippen LogP contribution in [0.5, 0.6) is 23.0 Å². The summed E-state index contributed by atoms with van der Waals surface area (Å²) in [6, 6.07) is 22.0. The summed E-state index contributed by atoms with van der Waals surface area (Å²) < 4.78 is 17.9. The van der Waals surface area contributed by atoms with Crippen LogP contribution in [0.1, 0.15) is 44.1 Å². The Kier molecular flexibility index (Phi) is 6.26. The van der Waals surface area contributed by atoms with Crippen molar-refractivity contribution in [2.24, 2.45) is 17.8 Å². The molecule has 0 heterocycles. The fourth-order valence-corrected chi connectivity index (χ4v) is 7.26. The van der Waals surface area contributed by atoms with Crippen molar-refractivity contribution in [3.63, 3.8) is 0 Å². The lowest BCUT2D eigenvalue weighted by Crippen LogP contribution is -2.58. The fraction of sp³-hybridized carbons (Fsp3) is 0.419. The highest BCUT2D eigenvalue weighted by Crippen LogP contribution is 2.55. The van der Waals surface area contributed by atoms with E-state index < -0.39 is 0 Å². The van der Waals surface area contributed by atoms with Crippen molar-refractivity contribution in [1.29, 1.82) is 0 Å². The Labute approximate surface area is 214 Å². The number of anilines is 2. The Balaban J connectivity index is 1.19. The minimum absolute atomic E-state index is 0.284. The number of nitrogens with one attached hydrogen (secondary N) is 2. The molecule has 0 spiro atoms. The summed E-state index contributed by atoms with van der Waals surface area (Å²) in [4.78, 5) is 0. The van der Waals surface area contributed by atoms with Crippen LogP contribution in [0.25, 0.3) is 0 Å². The maximum atomic E-state index is 6.25. The van der Waals surface area contributed by atoms with Gasteiger partial charge in [-0.05, 0) is 80.5 Å². The van der Waals surface area contributed by atoms with Crippen molar-refractivity contribution in [2.45, 2.75) is 50.6 Å². The normalized spacial score (nSPS) is 26.0. The lowest BCUT2D eigenvalue weighted by molar-refractivity contribution is -0.0207. The molecule has 188 valence electrons. The molecule has 36 heavy (non-hydrogen) atoms. The molecule has 4 aliphatic rings. The standard InChI is InChI=1S/C31H36N2O3/c1-34-29-15-27(36-26-10-6-9-25(14-26)33-24-7-4-3-5-8-24)16-30(35-2)28(29)20-32-31-17-21-11-22(18-31)13-23(12-21)19-31/h3-10,14-16,21-23,32-33H,11-13,17-20H2,1-2H3. The highest BCUT2D eigenvalue weighted by Gasteiger charge is 2.50. The molecule has 4 fully saturated rings. The molecule has 3 aromatic rings. The molecule has 4 aliphatic carbocycles. The van der Waals surface area contributed by atoms with E-state index in [0.717, 1.165) is 58.5 Å². The van der Waals surface area contributed by atoms with E-state index in [1.807, 2.05) is 66.7 Å². The summed E-state index contributed by atoms with van der Waals surface area (Å²) in [5, 5.41) is 7.40. The van der Waals surface area contributed by atoms with Crippen LogP contribution in [0, 0.1) is 17.8 Å². The van der Waals surface area contributed by atoms with Gasteiger partial charge in [-0.2, -0.15) is 0 Å². The molecular formula is C31H36N2O3. The van der Waals surface area contributed by atoms with E-state index >= 15 is 0 Å². The molecule has 0 atom stereocenters. The molecule has 0 radical (unpaired) electrons. The van der Waals surface area contributed by atoms with Crippen LogP contribution in [0.3, 0.4) is 0 Å². The second kappa shape index (κ2) is 9.70. The second-order valence-corrected chi connectivity index (χ2v) is 11.0. The largest absolute Gasteiger partial charge is 0.496 e. The molecule has 0 amide bonds. The van der Waals surface area contributed by atoms with Crippen LogP contribution in [0.4, 0.5) is 11.4 Å². The van der Waals surface area contributed by atoms with E-state index in [0.29, 0.717) is 5.75 Å². The van der Waals surface area contributed by atoms with Gasteiger partial charge in [-0.25, -0.2) is 0 Å². The van der Waals surface area contributed by atoms with Gasteiger partial charge in [0.1, 0.15) is 23.0 Å². The van der Waals surface area contributed by atoms with Crippen LogP contribution in [-0.2, 0) is 6.54 Å². The number of hydrogen-bond acceptors (Lipinski definition) is 5. The Morgan fingerprint density at radius 3 is 1.94 bits per heavy atom. The van der Waals surface area contributed by atoms with Gasteiger partial charge in [0.2, 0.25) is 0 Å². The molecule has 3 aromatic carbocycles. The Hall–Kier alpha value is -3.18. The first-order valence-corrected chi connectivity index (χ1v) is 13.2. The maximum absolute atomic E-state index is 6.25. The highest BCUT2D eigenvalue weighted by molar-refractivity contribution is 5.61. The van der Waals surface area contributed by atoms with E-state index in [2.05, 4.69) is 10.6 Å². The van der Waals surface area contributed by atoms with Crippen LogP contribution in [-0.4, -0.2) is 19.8 Å². The van der Waals surface area contributed by atoms with E-state index in [4.69, 9.17) is 14.2 Å². The molecule has 4 saturated carbocycles. The summed E-state index contributed by atoms with van der Waals surface area (Å²) in [5.74, 6) is 5.76. The molecule has 2 N–H and O–H groups in total. The zero-order valence-corrected chi connectivity index (χ0v) is 21.3. The average Bonchev–Trinajstić information content (AvgIpc) is 2.87. The van der Waals surface area contributed by atoms with Crippen molar-refractivity contribution in [2.75, 3.05) is 19.5 Å². The Morgan fingerprint density at radius 1 is 0.722 bits per heavy atom. The van der Waals surface area contributed by atoms with Gasteiger partial charge in [0.05, 0.1) is 19.8 Å². The Morgan fingerprint density at radius 2 is 1.33 bits per heavy atom. The third-order valence-electron chi connectivity index (χ3n) is 8.39. The molecule has 7 rings (SSSR count). The van der Waals surface area contributed by atoms with Crippen molar-refractivity contribution in [1.82, 2.24) is 5.32 Å². The summed E-state index contributed by atoms with van der Waals surface area (Å²) in [6.07, 6.45) is 8.29. The van der Waals surface area contributed by atoms with Crippen LogP contribution >= 0.6 is 0 Å². The van der Waals surface area contributed by atoms with E-state index in [9.17, 15) is 0 Å². The Bertz CT molecular complexity index is 1150. The minimum atomic E-state index is 0.284. The van der Waals surface area contributed by atoms with Gasteiger partial charge >= 0.3 is 0 Å². The highest BCUT2D eigenvalue weighted by atomic mass is 16.5. The van der Waals surface area contributed by atoms with Gasteiger partial charge in [0.15, 0.2) is 0 Å². The lowest BCUT2D eigenvalue weighted by atomic mass is 9.53. The number of para-hydroxylation sites is 1. The first-order chi connectivity index (χ1) is 17.6. The van der Waals surface area contributed by atoms with E-state index in [1.54, 1.807) is 14.2 Å². The second-order valence-electron chi connectivity index (χ2n) is 11.0. The SMILES string of the molecule is COc1cc(Oc2cccc(Nc3ccccc3)c2)cc(OC)c1CNC12CC3CC(CC(C3)C1)C2. The molecule has 4 bridgehead atoms. The van der Waals surface area contributed by atoms with Gasteiger partial charge in [-0.15, -0.1) is 0 Å². The number of methoxy groups -OCH3 is 2. The number of ether oxygens (including phenoxy) is 3. The smallest absolute Gasteiger partial charge is 0.134 e. The molecule has 0 saturated heterocycles. The van der Waals surface area contributed by atoms with Gasteiger partial charge in [0.25, 0.3) is 0 Å². The third-order valence-corrected chi connectivity index (χ3v) is 8.39. The maximum Gasteiger partial charge on any atom is 0.134 e. The molecule has 0 unspecified atom stereocenters. The molecule has 0 aliphatic heterocycles. The van der Waals surface area contributed by atoms with Crippen molar-refractivity contribution in [3.8, 4) is 23.0 Å². The van der Waals surface area contributed by atoms with Crippen LogP contribution in [0.2, 0.25) is 0 Å². The first kappa shape index (κ1) is 23.2. The van der Waals surface area contributed by atoms with Gasteiger partial charge in [0, 0.05) is 41.7 Å². The quantitative estimate of drug-likeness (QED) is 0.334. The fourth-order valence-electron chi connectivity index (χ4n) is 7.26. The van der Waals surface area contributed by atoms with Crippen LogP contribution in [0.15, 0.2) is 66.7 Å². The summed E-state index contributed by atoms with van der Waals surface area (Å²) in [5.41, 5.74) is 3.34. The number of hydrogen-bond donors (Lipinski definition) is 2. The summed E-state index contributed by atoms with van der Waals surface area (Å²) in [7, 11) is 3.44.